The Morgan fingerprint density at radius 2 is 2.21 bits per heavy atom. The molecule has 0 radical (unpaired) electrons. The first-order valence-corrected chi connectivity index (χ1v) is 6.51. The van der Waals surface area contributed by atoms with E-state index in [4.69, 9.17) is 11.6 Å². The molecule has 6 heteroatoms. The molecule has 0 bridgehead atoms. The molecule has 2 rings (SSSR count). The van der Waals surface area contributed by atoms with Gasteiger partial charge in [0.2, 0.25) is 0 Å². The third kappa shape index (κ3) is 3.04. The lowest BCUT2D eigenvalue weighted by atomic mass is 9.70. The van der Waals surface area contributed by atoms with E-state index in [1.807, 2.05) is 0 Å². The van der Waals surface area contributed by atoms with Crippen molar-refractivity contribution in [1.29, 1.82) is 0 Å². The van der Waals surface area contributed by atoms with E-state index >= 15 is 0 Å². The largest absolute Gasteiger partial charge is 0.351 e. The summed E-state index contributed by atoms with van der Waals surface area (Å²) in [5.74, 6) is -0.284. The van der Waals surface area contributed by atoms with Gasteiger partial charge in [0.25, 0.3) is 11.6 Å². The average Bonchev–Trinajstić information content (AvgIpc) is 2.33. The molecule has 1 N–H and O–H groups in total. The molecule has 0 aromatic heterocycles. The molecule has 5 nitrogen and oxygen atoms in total. The van der Waals surface area contributed by atoms with Gasteiger partial charge in [0.15, 0.2) is 0 Å². The minimum absolute atomic E-state index is 0.102. The van der Waals surface area contributed by atoms with Crippen molar-refractivity contribution in [3.8, 4) is 0 Å². The quantitative estimate of drug-likeness (QED) is 0.681. The van der Waals surface area contributed by atoms with E-state index in [2.05, 4.69) is 12.2 Å². The van der Waals surface area contributed by atoms with E-state index in [9.17, 15) is 14.9 Å². The Bertz CT molecular complexity index is 527. The summed E-state index contributed by atoms with van der Waals surface area (Å²) < 4.78 is 0. The molecule has 0 atom stereocenters. The molecule has 1 aromatic carbocycles. The number of benzene rings is 1. The number of carbonyl (C=O) groups is 1. The monoisotopic (exact) mass is 282 g/mol. The summed E-state index contributed by atoms with van der Waals surface area (Å²) in [7, 11) is 0. The Hall–Kier alpha value is -1.62. The fourth-order valence-corrected chi connectivity index (χ4v) is 2.41. The van der Waals surface area contributed by atoms with Gasteiger partial charge in [-0.05, 0) is 24.3 Å². The third-order valence-electron chi connectivity index (χ3n) is 3.64. The van der Waals surface area contributed by atoms with Crippen molar-refractivity contribution in [1.82, 2.24) is 5.32 Å². The first-order chi connectivity index (χ1) is 8.91. The maximum absolute atomic E-state index is 12.0. The highest BCUT2D eigenvalue weighted by atomic mass is 35.5. The van der Waals surface area contributed by atoms with Crippen LogP contribution in [0.15, 0.2) is 18.2 Å². The maximum Gasteiger partial charge on any atom is 0.270 e. The molecule has 1 amide bonds. The van der Waals surface area contributed by atoms with Crippen molar-refractivity contribution in [3.63, 3.8) is 0 Å². The van der Waals surface area contributed by atoms with Gasteiger partial charge in [-0.3, -0.25) is 14.9 Å². The van der Waals surface area contributed by atoms with Crippen molar-refractivity contribution >= 4 is 23.2 Å². The third-order valence-corrected chi connectivity index (χ3v) is 3.96. The Morgan fingerprint density at radius 3 is 2.68 bits per heavy atom. The lowest BCUT2D eigenvalue weighted by Gasteiger charge is -2.38. The normalized spacial score (nSPS) is 16.5. The number of hydrogen-bond donors (Lipinski definition) is 1. The maximum atomic E-state index is 12.0. The lowest BCUT2D eigenvalue weighted by molar-refractivity contribution is -0.384. The summed E-state index contributed by atoms with van der Waals surface area (Å²) in [6.45, 7) is 2.74. The number of halogens is 1. The van der Waals surface area contributed by atoms with E-state index in [1.54, 1.807) is 0 Å². The second kappa shape index (κ2) is 5.17. The molecule has 0 spiro atoms. The summed E-state index contributed by atoms with van der Waals surface area (Å²) in [6, 6.07) is 3.87. The van der Waals surface area contributed by atoms with Gasteiger partial charge in [-0.1, -0.05) is 24.9 Å². The molecule has 19 heavy (non-hydrogen) atoms. The summed E-state index contributed by atoms with van der Waals surface area (Å²) >= 11 is 5.90. The predicted molar refractivity (Wildman–Crippen MR) is 72.4 cm³/mol. The van der Waals surface area contributed by atoms with Crippen molar-refractivity contribution in [2.45, 2.75) is 26.2 Å². The van der Waals surface area contributed by atoms with Crippen molar-refractivity contribution in [2.24, 2.45) is 5.41 Å². The van der Waals surface area contributed by atoms with Crippen molar-refractivity contribution in [2.75, 3.05) is 6.54 Å². The zero-order chi connectivity index (χ0) is 14.0. The van der Waals surface area contributed by atoms with Crippen LogP contribution >= 0.6 is 11.6 Å². The van der Waals surface area contributed by atoms with Gasteiger partial charge in [-0.2, -0.15) is 0 Å². The van der Waals surface area contributed by atoms with Crippen molar-refractivity contribution in [3.05, 3.63) is 38.9 Å². The Morgan fingerprint density at radius 1 is 1.53 bits per heavy atom. The highest BCUT2D eigenvalue weighted by molar-refractivity contribution is 6.34. The van der Waals surface area contributed by atoms with Gasteiger partial charge in [0, 0.05) is 18.7 Å². The minimum Gasteiger partial charge on any atom is -0.351 e. The number of hydrogen-bond acceptors (Lipinski definition) is 3. The Labute approximate surface area is 116 Å². The number of nitrogens with zero attached hydrogens (tertiary/aromatic N) is 1. The van der Waals surface area contributed by atoms with Gasteiger partial charge in [0.1, 0.15) is 0 Å². The van der Waals surface area contributed by atoms with Gasteiger partial charge >= 0.3 is 0 Å². The van der Waals surface area contributed by atoms with Crippen LogP contribution in [0.2, 0.25) is 5.02 Å². The SMILES string of the molecule is CC1(CNC(=O)c2ccc([N+](=O)[O-])cc2Cl)CCC1. The molecule has 102 valence electrons. The summed E-state index contributed by atoms with van der Waals surface area (Å²) in [6.07, 6.45) is 3.42. The van der Waals surface area contributed by atoms with Gasteiger partial charge < -0.3 is 5.32 Å². The van der Waals surface area contributed by atoms with Crippen LogP contribution in [0.25, 0.3) is 0 Å². The van der Waals surface area contributed by atoms with E-state index < -0.39 is 4.92 Å². The predicted octanol–water partition coefficient (Wildman–Crippen LogP) is 3.17. The highest BCUT2D eigenvalue weighted by Gasteiger charge is 2.32. The highest BCUT2D eigenvalue weighted by Crippen LogP contribution is 2.39. The first-order valence-electron chi connectivity index (χ1n) is 6.13. The average molecular weight is 283 g/mol. The van der Waals surface area contributed by atoms with Crippen LogP contribution in [-0.2, 0) is 0 Å². The second-order valence-corrected chi connectivity index (χ2v) is 5.68. The Kier molecular flexibility index (Phi) is 3.75. The second-order valence-electron chi connectivity index (χ2n) is 5.27. The molecular formula is C13H15ClN2O3. The number of nitro groups is 1. The zero-order valence-corrected chi connectivity index (χ0v) is 11.4. The van der Waals surface area contributed by atoms with Crippen molar-refractivity contribution < 1.29 is 9.72 Å². The van der Waals surface area contributed by atoms with Crippen LogP contribution < -0.4 is 5.32 Å². The molecule has 1 aliphatic rings. The smallest absolute Gasteiger partial charge is 0.270 e. The van der Waals surface area contributed by atoms with Crippen LogP contribution in [0.1, 0.15) is 36.5 Å². The standard InChI is InChI=1S/C13H15ClN2O3/c1-13(5-2-6-13)8-15-12(17)10-4-3-9(16(18)19)7-11(10)14/h3-4,7H,2,5-6,8H2,1H3,(H,15,17). The van der Waals surface area contributed by atoms with Crippen LogP contribution in [0.3, 0.4) is 0 Å². The summed E-state index contributed by atoms with van der Waals surface area (Å²) in [5.41, 5.74) is 0.339. The Balaban J connectivity index is 2.04. The molecule has 0 heterocycles. The number of amides is 1. The van der Waals surface area contributed by atoms with Crippen LogP contribution in [0, 0.1) is 15.5 Å². The fourth-order valence-electron chi connectivity index (χ4n) is 2.15. The van der Waals surface area contributed by atoms with Crippen LogP contribution in [0.4, 0.5) is 5.69 Å². The number of carbonyl (C=O) groups excluding carboxylic acids is 1. The molecule has 1 fully saturated rings. The van der Waals surface area contributed by atoms with Crippen LogP contribution in [-0.4, -0.2) is 17.4 Å². The number of non-ortho nitro benzene ring substituents is 1. The van der Waals surface area contributed by atoms with Gasteiger partial charge in [-0.15, -0.1) is 0 Å². The van der Waals surface area contributed by atoms with E-state index in [-0.39, 0.29) is 27.6 Å². The minimum atomic E-state index is -0.539. The summed E-state index contributed by atoms with van der Waals surface area (Å²) in [4.78, 5) is 22.0. The van der Waals surface area contributed by atoms with Crippen LogP contribution in [0.5, 0.6) is 0 Å². The summed E-state index contributed by atoms with van der Waals surface area (Å²) in [5, 5.41) is 13.5. The number of nitro benzene ring substituents is 1. The molecule has 1 aromatic rings. The zero-order valence-electron chi connectivity index (χ0n) is 10.6. The first kappa shape index (κ1) is 13.8. The van der Waals surface area contributed by atoms with E-state index in [1.165, 1.54) is 24.6 Å². The molecule has 1 aliphatic carbocycles. The topological polar surface area (TPSA) is 72.2 Å². The molecular weight excluding hydrogens is 268 g/mol. The molecule has 1 saturated carbocycles. The molecule has 0 aliphatic heterocycles. The number of nitrogens with one attached hydrogen (secondary N) is 1. The van der Waals surface area contributed by atoms with E-state index in [0.717, 1.165) is 12.8 Å². The number of rotatable bonds is 4. The van der Waals surface area contributed by atoms with Gasteiger partial charge in [0.05, 0.1) is 15.5 Å². The van der Waals surface area contributed by atoms with Gasteiger partial charge in [-0.25, -0.2) is 0 Å². The fraction of sp³-hybridized carbons (Fsp3) is 0.462. The molecule has 0 unspecified atom stereocenters. The lowest BCUT2D eigenvalue weighted by Crippen LogP contribution is -2.40. The van der Waals surface area contributed by atoms with E-state index in [0.29, 0.717) is 6.54 Å². The molecule has 0 saturated heterocycles.